The maximum Gasteiger partial charge on any atom is 0.172 e. The summed E-state index contributed by atoms with van der Waals surface area (Å²) in [5, 5.41) is 0. The molecule has 0 saturated heterocycles. The van der Waals surface area contributed by atoms with Gasteiger partial charge in [-0.15, -0.1) is 0 Å². The molecule has 2 rings (SSSR count). The van der Waals surface area contributed by atoms with E-state index in [1.807, 2.05) is 12.1 Å². The van der Waals surface area contributed by atoms with Gasteiger partial charge in [-0.1, -0.05) is 12.1 Å². The van der Waals surface area contributed by atoms with Crippen molar-refractivity contribution in [1.82, 2.24) is 0 Å². The van der Waals surface area contributed by atoms with Gasteiger partial charge >= 0.3 is 0 Å². The molecule has 13 heavy (non-hydrogen) atoms. The van der Waals surface area contributed by atoms with Crippen molar-refractivity contribution in [3.63, 3.8) is 0 Å². The van der Waals surface area contributed by atoms with E-state index in [2.05, 4.69) is 18.7 Å². The molecule has 68 valence electrons. The van der Waals surface area contributed by atoms with Crippen LogP contribution >= 0.6 is 12.6 Å². The number of Topliss-reactive ketones (excluding diaryl/α,β-unsaturated/α-hetero) is 1. The van der Waals surface area contributed by atoms with Crippen LogP contribution in [0.25, 0.3) is 0 Å². The highest BCUT2D eigenvalue weighted by molar-refractivity contribution is 7.81. The summed E-state index contributed by atoms with van der Waals surface area (Å²) in [6.45, 7) is 0. The molecule has 0 saturated carbocycles. The zero-order valence-corrected chi connectivity index (χ0v) is 8.31. The second-order valence-corrected chi connectivity index (χ2v) is 3.73. The van der Waals surface area contributed by atoms with Crippen molar-refractivity contribution < 1.29 is 4.79 Å². The number of fused-ring (bicyclic) bond motifs is 1. The average molecular weight is 192 g/mol. The van der Waals surface area contributed by atoms with Crippen molar-refractivity contribution in [2.24, 2.45) is 0 Å². The zero-order valence-electron chi connectivity index (χ0n) is 7.42. The third kappa shape index (κ3) is 1.63. The van der Waals surface area contributed by atoms with E-state index < -0.39 is 0 Å². The normalized spacial score (nSPS) is 14.2. The highest BCUT2D eigenvalue weighted by atomic mass is 32.1. The molecule has 0 spiro atoms. The molecule has 1 aliphatic carbocycles. The molecule has 0 aromatic heterocycles. The van der Waals surface area contributed by atoms with E-state index in [1.54, 1.807) is 0 Å². The van der Waals surface area contributed by atoms with Crippen LogP contribution in [0.15, 0.2) is 18.2 Å². The summed E-state index contributed by atoms with van der Waals surface area (Å²) in [6.07, 6.45) is 3.53. The van der Waals surface area contributed by atoms with Crippen molar-refractivity contribution in [2.75, 3.05) is 5.75 Å². The predicted molar refractivity (Wildman–Crippen MR) is 56.7 cm³/mol. The quantitative estimate of drug-likeness (QED) is 0.562. The van der Waals surface area contributed by atoms with Gasteiger partial charge in [0, 0.05) is 5.56 Å². The Labute approximate surface area is 83.6 Å². The fourth-order valence-corrected chi connectivity index (χ4v) is 2.02. The molecule has 1 aliphatic rings. The number of aryl methyl sites for hydroxylation is 2. The minimum atomic E-state index is 0.123. The van der Waals surface area contributed by atoms with Gasteiger partial charge in [-0.2, -0.15) is 12.6 Å². The zero-order chi connectivity index (χ0) is 9.26. The van der Waals surface area contributed by atoms with Crippen molar-refractivity contribution >= 4 is 18.4 Å². The molecule has 0 heterocycles. The molecular weight excluding hydrogens is 180 g/mol. The van der Waals surface area contributed by atoms with Gasteiger partial charge in [0.05, 0.1) is 5.75 Å². The lowest BCUT2D eigenvalue weighted by Crippen LogP contribution is -2.01. The van der Waals surface area contributed by atoms with Gasteiger partial charge in [0.2, 0.25) is 0 Å². The van der Waals surface area contributed by atoms with Gasteiger partial charge in [-0.25, -0.2) is 0 Å². The lowest BCUT2D eigenvalue weighted by atomic mass is 10.0. The number of ketones is 1. The Morgan fingerprint density at radius 2 is 2.08 bits per heavy atom. The van der Waals surface area contributed by atoms with Crippen LogP contribution in [-0.2, 0) is 12.8 Å². The summed E-state index contributed by atoms with van der Waals surface area (Å²) >= 11 is 3.98. The Morgan fingerprint density at radius 1 is 1.31 bits per heavy atom. The Bertz CT molecular complexity index is 344. The third-order valence-corrected chi connectivity index (χ3v) is 2.85. The lowest BCUT2D eigenvalue weighted by molar-refractivity contribution is 0.102. The number of hydrogen-bond donors (Lipinski definition) is 1. The monoisotopic (exact) mass is 192 g/mol. The van der Waals surface area contributed by atoms with Crippen LogP contribution in [0.2, 0.25) is 0 Å². The van der Waals surface area contributed by atoms with Gasteiger partial charge in [0.15, 0.2) is 5.78 Å². The molecule has 0 aliphatic heterocycles. The summed E-state index contributed by atoms with van der Waals surface area (Å²) in [5.74, 6) is 0.428. The van der Waals surface area contributed by atoms with E-state index in [0.29, 0.717) is 5.75 Å². The average Bonchev–Trinajstić information content (AvgIpc) is 2.63. The van der Waals surface area contributed by atoms with Crippen molar-refractivity contribution in [3.8, 4) is 0 Å². The van der Waals surface area contributed by atoms with Gasteiger partial charge in [-0.3, -0.25) is 4.79 Å². The Kier molecular flexibility index (Phi) is 2.40. The molecule has 1 aromatic rings. The SMILES string of the molecule is O=C(CS)c1ccc2c(c1)CCC2. The third-order valence-electron chi connectivity index (χ3n) is 2.56. The maximum atomic E-state index is 11.3. The number of rotatable bonds is 2. The van der Waals surface area contributed by atoms with E-state index in [4.69, 9.17) is 0 Å². The number of thiol groups is 1. The van der Waals surface area contributed by atoms with Gasteiger partial charge in [0.1, 0.15) is 0 Å². The molecule has 0 atom stereocenters. The van der Waals surface area contributed by atoms with Crippen LogP contribution in [0.3, 0.4) is 0 Å². The first kappa shape index (κ1) is 8.82. The predicted octanol–water partition coefficient (Wildman–Crippen LogP) is 2.29. The Morgan fingerprint density at radius 3 is 2.85 bits per heavy atom. The van der Waals surface area contributed by atoms with E-state index in [9.17, 15) is 4.79 Å². The highest BCUT2D eigenvalue weighted by Crippen LogP contribution is 2.22. The van der Waals surface area contributed by atoms with Crippen LogP contribution in [0.1, 0.15) is 27.9 Å². The fourth-order valence-electron chi connectivity index (χ4n) is 1.84. The van der Waals surface area contributed by atoms with Gasteiger partial charge in [0.25, 0.3) is 0 Å². The van der Waals surface area contributed by atoms with Crippen LogP contribution in [-0.4, -0.2) is 11.5 Å². The second-order valence-electron chi connectivity index (χ2n) is 3.42. The smallest absolute Gasteiger partial charge is 0.172 e. The number of hydrogen-bond acceptors (Lipinski definition) is 2. The molecule has 0 bridgehead atoms. The summed E-state index contributed by atoms with van der Waals surface area (Å²) in [6, 6.07) is 6.03. The molecule has 0 N–H and O–H groups in total. The van der Waals surface area contributed by atoms with E-state index in [0.717, 1.165) is 12.0 Å². The van der Waals surface area contributed by atoms with Crippen molar-refractivity contribution in [3.05, 3.63) is 34.9 Å². The molecular formula is C11H12OS. The van der Waals surface area contributed by atoms with Gasteiger partial charge in [-0.05, 0) is 36.5 Å². The van der Waals surface area contributed by atoms with Crippen LogP contribution < -0.4 is 0 Å². The molecule has 2 heteroatoms. The molecule has 0 unspecified atom stereocenters. The molecule has 1 aromatic carbocycles. The lowest BCUT2D eigenvalue weighted by Gasteiger charge is -2.01. The first-order chi connectivity index (χ1) is 6.31. The Balaban J connectivity index is 2.36. The summed E-state index contributed by atoms with van der Waals surface area (Å²) in [7, 11) is 0. The van der Waals surface area contributed by atoms with E-state index in [1.165, 1.54) is 24.0 Å². The molecule has 1 nitrogen and oxygen atoms in total. The number of carbonyl (C=O) groups excluding carboxylic acids is 1. The molecule has 0 radical (unpaired) electrons. The highest BCUT2D eigenvalue weighted by Gasteiger charge is 2.12. The number of carbonyl (C=O) groups is 1. The molecule has 0 fully saturated rings. The van der Waals surface area contributed by atoms with E-state index in [-0.39, 0.29) is 5.78 Å². The van der Waals surface area contributed by atoms with Crippen LogP contribution in [0.4, 0.5) is 0 Å². The minimum absolute atomic E-state index is 0.123. The topological polar surface area (TPSA) is 17.1 Å². The second kappa shape index (κ2) is 3.54. The summed E-state index contributed by atoms with van der Waals surface area (Å²) in [4.78, 5) is 11.3. The van der Waals surface area contributed by atoms with Crippen LogP contribution in [0.5, 0.6) is 0 Å². The fraction of sp³-hybridized carbons (Fsp3) is 0.364. The van der Waals surface area contributed by atoms with Crippen molar-refractivity contribution in [1.29, 1.82) is 0 Å². The minimum Gasteiger partial charge on any atom is -0.293 e. The Hall–Kier alpha value is -0.760. The van der Waals surface area contributed by atoms with Crippen LogP contribution in [0, 0.1) is 0 Å². The first-order valence-corrected chi connectivity index (χ1v) is 5.20. The van der Waals surface area contributed by atoms with Gasteiger partial charge < -0.3 is 0 Å². The van der Waals surface area contributed by atoms with Crippen molar-refractivity contribution in [2.45, 2.75) is 19.3 Å². The first-order valence-electron chi connectivity index (χ1n) is 4.57. The molecule has 0 amide bonds. The standard InChI is InChI=1S/C11H12OS/c12-11(7-13)10-5-4-8-2-1-3-9(8)6-10/h4-6,13H,1-3,7H2. The van der Waals surface area contributed by atoms with E-state index >= 15 is 0 Å². The maximum absolute atomic E-state index is 11.3. The summed E-state index contributed by atoms with van der Waals surface area (Å²) in [5.41, 5.74) is 3.58. The largest absolute Gasteiger partial charge is 0.293 e. The summed E-state index contributed by atoms with van der Waals surface area (Å²) < 4.78 is 0. The number of benzene rings is 1.